The Labute approximate surface area is 269 Å². The number of nitrogens with zero attached hydrogens (tertiary/aromatic N) is 1. The van der Waals surface area contributed by atoms with E-state index in [1.54, 1.807) is 75.5 Å². The Kier molecular flexibility index (Phi) is 12.5. The number of alkyl carbamates (subject to hydrolysis) is 1. The van der Waals surface area contributed by atoms with Crippen LogP contribution in [0, 0.1) is 5.92 Å². The number of hydrogen-bond acceptors (Lipinski definition) is 9. The standard InChI is InChI=1S/C31H44N3O7PS2/c1-20(2)27(33-30(37)39-31(4,5)6)29(36)34-19-9-10-26(34)28(35)32-21(3)42(38,40-22-11-15-24(43-7)16-12-22)41-23-13-17-25(44-8)18-14-23/h11-18,20-21,26-27H,9-10,19H2,1-8H3,(H,32,35)(H,33,37)/t21?,26-,27-/m0/s1. The first-order valence-corrected chi connectivity index (χ1v) is 18.6. The normalized spacial score (nSPS) is 16.7. The van der Waals surface area contributed by atoms with Gasteiger partial charge in [-0.3, -0.25) is 9.59 Å². The van der Waals surface area contributed by atoms with Crippen LogP contribution in [-0.2, 0) is 18.9 Å². The molecule has 10 nitrogen and oxygen atoms in total. The SMILES string of the molecule is CSc1ccc(OP(=O)(Oc2ccc(SC)cc2)C(C)NC(=O)[C@@H]2CCCN2C(=O)[C@@H](NC(=O)OC(C)(C)C)C(C)C)cc1. The van der Waals surface area contributed by atoms with E-state index < -0.39 is 43.1 Å². The van der Waals surface area contributed by atoms with Gasteiger partial charge < -0.3 is 29.3 Å². The summed E-state index contributed by atoms with van der Waals surface area (Å²) in [5, 5.41) is 5.48. The van der Waals surface area contributed by atoms with Crippen molar-refractivity contribution in [3.05, 3.63) is 48.5 Å². The van der Waals surface area contributed by atoms with Gasteiger partial charge in [0, 0.05) is 16.3 Å². The Morgan fingerprint density at radius 1 is 0.886 bits per heavy atom. The molecule has 3 amide bonds. The van der Waals surface area contributed by atoms with Crippen molar-refractivity contribution >= 4 is 49.0 Å². The van der Waals surface area contributed by atoms with Crippen LogP contribution in [0.1, 0.15) is 54.4 Å². The number of carbonyl (C=O) groups is 3. The van der Waals surface area contributed by atoms with Crippen molar-refractivity contribution in [2.24, 2.45) is 5.92 Å². The fourth-order valence-electron chi connectivity index (χ4n) is 4.55. The minimum Gasteiger partial charge on any atom is -0.444 e. The van der Waals surface area contributed by atoms with Gasteiger partial charge in [-0.2, -0.15) is 0 Å². The molecule has 242 valence electrons. The monoisotopic (exact) mass is 665 g/mol. The molecule has 13 heteroatoms. The second-order valence-electron chi connectivity index (χ2n) is 11.8. The smallest absolute Gasteiger partial charge is 0.444 e. The Morgan fingerprint density at radius 3 is 1.82 bits per heavy atom. The number of amides is 3. The summed E-state index contributed by atoms with van der Waals surface area (Å²) in [5.41, 5.74) is -0.729. The van der Waals surface area contributed by atoms with Crippen LogP contribution in [0.2, 0.25) is 0 Å². The van der Waals surface area contributed by atoms with E-state index in [2.05, 4.69) is 10.6 Å². The summed E-state index contributed by atoms with van der Waals surface area (Å²) in [4.78, 5) is 43.3. The van der Waals surface area contributed by atoms with Gasteiger partial charge in [-0.15, -0.1) is 23.5 Å². The molecule has 3 rings (SSSR count). The van der Waals surface area contributed by atoms with E-state index in [1.807, 2.05) is 50.6 Å². The maximum Gasteiger partial charge on any atom is 0.452 e. The number of hydrogen-bond donors (Lipinski definition) is 2. The van der Waals surface area contributed by atoms with Gasteiger partial charge in [0.1, 0.15) is 29.2 Å². The van der Waals surface area contributed by atoms with Crippen LogP contribution in [0.3, 0.4) is 0 Å². The second kappa shape index (κ2) is 15.5. The Bertz CT molecular complexity index is 1280. The van der Waals surface area contributed by atoms with Crippen molar-refractivity contribution < 1.29 is 32.7 Å². The van der Waals surface area contributed by atoms with Crippen molar-refractivity contribution in [3.8, 4) is 11.5 Å². The maximum absolute atomic E-state index is 14.3. The molecule has 0 radical (unpaired) electrons. The molecule has 2 aromatic rings. The first-order valence-electron chi connectivity index (χ1n) is 14.5. The zero-order valence-corrected chi connectivity index (χ0v) is 29.1. The van der Waals surface area contributed by atoms with Gasteiger partial charge in [-0.25, -0.2) is 9.36 Å². The van der Waals surface area contributed by atoms with Crippen molar-refractivity contribution in [1.82, 2.24) is 15.5 Å². The molecule has 1 heterocycles. The van der Waals surface area contributed by atoms with E-state index >= 15 is 0 Å². The molecule has 2 aromatic carbocycles. The molecule has 0 saturated carbocycles. The van der Waals surface area contributed by atoms with Crippen molar-refractivity contribution in [3.63, 3.8) is 0 Å². The average Bonchev–Trinajstić information content (AvgIpc) is 3.45. The van der Waals surface area contributed by atoms with Crippen molar-refractivity contribution in [1.29, 1.82) is 0 Å². The molecule has 44 heavy (non-hydrogen) atoms. The van der Waals surface area contributed by atoms with E-state index in [9.17, 15) is 18.9 Å². The highest BCUT2D eigenvalue weighted by atomic mass is 32.2. The van der Waals surface area contributed by atoms with Crippen LogP contribution in [-0.4, -0.2) is 65.3 Å². The number of benzene rings is 2. The van der Waals surface area contributed by atoms with Crippen LogP contribution in [0.25, 0.3) is 0 Å². The van der Waals surface area contributed by atoms with E-state index in [1.165, 1.54) is 4.90 Å². The summed E-state index contributed by atoms with van der Waals surface area (Å²) >= 11 is 3.13. The largest absolute Gasteiger partial charge is 0.452 e. The highest BCUT2D eigenvalue weighted by molar-refractivity contribution is 7.98. The molecule has 0 spiro atoms. The van der Waals surface area contributed by atoms with E-state index in [0.717, 1.165) is 9.79 Å². The third-order valence-electron chi connectivity index (χ3n) is 6.85. The number of likely N-dealkylation sites (tertiary alicyclic amines) is 1. The Morgan fingerprint density at radius 2 is 1.39 bits per heavy atom. The zero-order chi connectivity index (χ0) is 32.7. The molecular formula is C31H44N3O7PS2. The fraction of sp³-hybridized carbons (Fsp3) is 0.516. The lowest BCUT2D eigenvalue weighted by atomic mass is 10.0. The predicted octanol–water partition coefficient (Wildman–Crippen LogP) is 6.78. The maximum atomic E-state index is 14.3. The molecule has 1 aliphatic heterocycles. The molecule has 0 aromatic heterocycles. The van der Waals surface area contributed by atoms with E-state index in [-0.39, 0.29) is 11.8 Å². The number of ether oxygens (including phenoxy) is 1. The molecule has 0 aliphatic carbocycles. The van der Waals surface area contributed by atoms with Gasteiger partial charge in [0.15, 0.2) is 5.78 Å². The zero-order valence-electron chi connectivity index (χ0n) is 26.6. The molecule has 1 unspecified atom stereocenters. The summed E-state index contributed by atoms with van der Waals surface area (Å²) in [7, 11) is -4.04. The van der Waals surface area contributed by atoms with Crippen molar-refractivity contribution in [2.45, 2.75) is 87.6 Å². The summed E-state index contributed by atoms with van der Waals surface area (Å²) in [6, 6.07) is 12.5. The number of nitrogens with one attached hydrogen (secondary N) is 2. The summed E-state index contributed by atoms with van der Waals surface area (Å²) < 4.78 is 31.7. The van der Waals surface area contributed by atoms with Crippen LogP contribution in [0.5, 0.6) is 11.5 Å². The molecule has 1 fully saturated rings. The van der Waals surface area contributed by atoms with Gasteiger partial charge in [0.25, 0.3) is 0 Å². The summed E-state index contributed by atoms with van der Waals surface area (Å²) in [6.45, 7) is 10.8. The number of thioether (sulfide) groups is 2. The quantitative estimate of drug-likeness (QED) is 0.187. The minimum atomic E-state index is -4.04. The summed E-state index contributed by atoms with van der Waals surface area (Å²) in [5.74, 6) is -1.51. The van der Waals surface area contributed by atoms with Crippen LogP contribution in [0.15, 0.2) is 58.3 Å². The van der Waals surface area contributed by atoms with Gasteiger partial charge >= 0.3 is 13.7 Å². The summed E-state index contributed by atoms with van der Waals surface area (Å²) in [6.07, 6.45) is 4.22. The molecule has 2 N–H and O–H groups in total. The van der Waals surface area contributed by atoms with Crippen molar-refractivity contribution in [2.75, 3.05) is 19.1 Å². The Balaban J connectivity index is 1.80. The molecule has 1 saturated heterocycles. The van der Waals surface area contributed by atoms with Gasteiger partial charge in [-0.1, -0.05) is 13.8 Å². The first-order chi connectivity index (χ1) is 20.7. The topological polar surface area (TPSA) is 123 Å². The van der Waals surface area contributed by atoms with Crippen LogP contribution < -0.4 is 19.7 Å². The predicted molar refractivity (Wildman–Crippen MR) is 176 cm³/mol. The average molecular weight is 666 g/mol. The molecular weight excluding hydrogens is 621 g/mol. The Hall–Kier alpha value is -2.82. The number of carbonyl (C=O) groups excluding carboxylic acids is 3. The second-order valence-corrected chi connectivity index (χ2v) is 15.8. The highest BCUT2D eigenvalue weighted by Gasteiger charge is 2.43. The van der Waals surface area contributed by atoms with Gasteiger partial charge in [-0.05, 0) is 107 Å². The highest BCUT2D eigenvalue weighted by Crippen LogP contribution is 2.52. The van der Waals surface area contributed by atoms with Crippen LogP contribution >= 0.6 is 31.1 Å². The molecule has 0 bridgehead atoms. The van der Waals surface area contributed by atoms with Gasteiger partial charge in [0.05, 0.1) is 0 Å². The lowest BCUT2D eigenvalue weighted by Gasteiger charge is -2.32. The van der Waals surface area contributed by atoms with E-state index in [4.69, 9.17) is 13.8 Å². The fourth-order valence-corrected chi connectivity index (χ4v) is 6.84. The lowest BCUT2D eigenvalue weighted by molar-refractivity contribution is -0.140. The van der Waals surface area contributed by atoms with Gasteiger partial charge in [0.2, 0.25) is 11.8 Å². The third kappa shape index (κ3) is 9.84. The molecule has 3 atom stereocenters. The van der Waals surface area contributed by atoms with E-state index in [0.29, 0.717) is 30.9 Å². The lowest BCUT2D eigenvalue weighted by Crippen LogP contribution is -2.56. The number of rotatable bonds is 12. The minimum absolute atomic E-state index is 0.254. The first kappa shape index (κ1) is 35.7. The third-order valence-corrected chi connectivity index (χ3v) is 10.3. The molecule has 1 aliphatic rings. The van der Waals surface area contributed by atoms with Crippen LogP contribution in [0.4, 0.5) is 4.79 Å².